The molecule has 0 aliphatic heterocycles. The summed E-state index contributed by atoms with van der Waals surface area (Å²) < 4.78 is 0. The molecule has 0 aromatic carbocycles. The second-order valence-corrected chi connectivity index (χ2v) is 9.37. The van der Waals surface area contributed by atoms with E-state index in [0.717, 1.165) is 11.8 Å². The molecule has 3 unspecified atom stereocenters. The maximum absolute atomic E-state index is 2.77. The van der Waals surface area contributed by atoms with Crippen LogP contribution in [0.3, 0.4) is 0 Å². The molecule has 0 aromatic rings. The Balaban J connectivity index is 4.73. The second kappa shape index (κ2) is 11.6. The number of hydrogen-bond donors (Lipinski definition) is 0. The Hall–Kier alpha value is -0.0400. The molecule has 0 aliphatic rings. The molecule has 1 nitrogen and oxygen atoms in total. The van der Waals surface area contributed by atoms with Crippen molar-refractivity contribution in [1.82, 2.24) is 4.90 Å². The van der Waals surface area contributed by atoms with E-state index in [9.17, 15) is 0 Å². The largest absolute Gasteiger partial charge is 0.303 e. The van der Waals surface area contributed by atoms with Crippen LogP contribution in [-0.2, 0) is 0 Å². The van der Waals surface area contributed by atoms with E-state index in [2.05, 4.69) is 67.2 Å². The first kappa shape index (κ1) is 24.0. The molecule has 1 heteroatoms. The van der Waals surface area contributed by atoms with Crippen LogP contribution in [0.15, 0.2) is 0 Å². The maximum Gasteiger partial charge on any atom is 0.000692 e. The minimum atomic E-state index is 0.431. The smallest absolute Gasteiger partial charge is 0.000692 e. The van der Waals surface area contributed by atoms with Crippen molar-refractivity contribution in [1.29, 1.82) is 0 Å². The molecular formula is C23H49N. The van der Waals surface area contributed by atoms with Gasteiger partial charge in [-0.15, -0.1) is 0 Å². The lowest BCUT2D eigenvalue weighted by atomic mass is 9.62. The van der Waals surface area contributed by atoms with Gasteiger partial charge in [0.1, 0.15) is 0 Å². The van der Waals surface area contributed by atoms with E-state index in [0.29, 0.717) is 10.8 Å². The van der Waals surface area contributed by atoms with Crippen LogP contribution < -0.4 is 0 Å². The van der Waals surface area contributed by atoms with E-state index in [1.807, 2.05) is 0 Å². The number of rotatable bonds is 14. The molecule has 146 valence electrons. The maximum atomic E-state index is 2.77. The van der Waals surface area contributed by atoms with E-state index in [1.165, 1.54) is 64.6 Å². The Morgan fingerprint density at radius 3 is 1.83 bits per heavy atom. The molecule has 0 rings (SSSR count). The van der Waals surface area contributed by atoms with Crippen LogP contribution >= 0.6 is 0 Å². The summed E-state index contributed by atoms with van der Waals surface area (Å²) in [6.45, 7) is 25.5. The molecule has 0 aliphatic carbocycles. The lowest BCUT2D eigenvalue weighted by Gasteiger charge is -2.45. The highest BCUT2D eigenvalue weighted by Crippen LogP contribution is 2.46. The van der Waals surface area contributed by atoms with E-state index >= 15 is 0 Å². The Bertz CT molecular complexity index is 309. The summed E-state index contributed by atoms with van der Waals surface area (Å²) in [7, 11) is 0. The van der Waals surface area contributed by atoms with Crippen LogP contribution in [0.25, 0.3) is 0 Å². The fourth-order valence-electron chi connectivity index (χ4n) is 3.56. The van der Waals surface area contributed by atoms with Gasteiger partial charge in [0.15, 0.2) is 0 Å². The summed E-state index contributed by atoms with van der Waals surface area (Å²) in [4.78, 5) is 2.77. The lowest BCUT2D eigenvalue weighted by molar-refractivity contribution is 0.0516. The van der Waals surface area contributed by atoms with Crippen molar-refractivity contribution in [2.45, 2.75) is 107 Å². The second-order valence-electron chi connectivity index (χ2n) is 9.37. The van der Waals surface area contributed by atoms with E-state index in [1.54, 1.807) is 0 Å². The lowest BCUT2D eigenvalue weighted by Crippen LogP contribution is -2.39. The minimum Gasteiger partial charge on any atom is -0.303 e. The average Bonchev–Trinajstić information content (AvgIpc) is 2.58. The van der Waals surface area contributed by atoms with Crippen LogP contribution in [0.5, 0.6) is 0 Å². The quantitative estimate of drug-likeness (QED) is 0.318. The zero-order valence-corrected chi connectivity index (χ0v) is 18.7. The molecule has 0 heterocycles. The summed E-state index contributed by atoms with van der Waals surface area (Å²) in [6.07, 6.45) is 9.28. The molecule has 0 N–H and O–H groups in total. The molecule has 3 atom stereocenters. The van der Waals surface area contributed by atoms with Crippen molar-refractivity contribution >= 4 is 0 Å². The third kappa shape index (κ3) is 7.89. The number of nitrogens with zero attached hydrogens (tertiary/aromatic N) is 1. The van der Waals surface area contributed by atoms with Crippen LogP contribution in [0.2, 0.25) is 0 Å². The molecule has 0 aromatic heterocycles. The normalized spacial score (nSPS) is 17.8. The third-order valence-corrected chi connectivity index (χ3v) is 7.41. The highest BCUT2D eigenvalue weighted by Gasteiger charge is 2.37. The van der Waals surface area contributed by atoms with Crippen molar-refractivity contribution in [2.75, 3.05) is 19.6 Å². The van der Waals surface area contributed by atoms with Crippen molar-refractivity contribution < 1.29 is 0 Å². The van der Waals surface area contributed by atoms with Gasteiger partial charge >= 0.3 is 0 Å². The van der Waals surface area contributed by atoms with Gasteiger partial charge in [0.25, 0.3) is 0 Å². The highest BCUT2D eigenvalue weighted by atomic mass is 15.1. The first-order valence-corrected chi connectivity index (χ1v) is 10.9. The van der Waals surface area contributed by atoms with E-state index < -0.39 is 0 Å². The molecule has 0 radical (unpaired) electrons. The summed E-state index contributed by atoms with van der Waals surface area (Å²) in [5.74, 6) is 1.70. The first-order valence-electron chi connectivity index (χ1n) is 10.9. The monoisotopic (exact) mass is 339 g/mol. The Morgan fingerprint density at radius 1 is 0.792 bits per heavy atom. The molecule has 24 heavy (non-hydrogen) atoms. The zero-order valence-electron chi connectivity index (χ0n) is 18.7. The van der Waals surface area contributed by atoms with E-state index in [-0.39, 0.29) is 0 Å². The van der Waals surface area contributed by atoms with Gasteiger partial charge in [0, 0.05) is 6.54 Å². The average molecular weight is 340 g/mol. The fourth-order valence-corrected chi connectivity index (χ4v) is 3.56. The van der Waals surface area contributed by atoms with Crippen LogP contribution in [0.4, 0.5) is 0 Å². The van der Waals surface area contributed by atoms with Gasteiger partial charge in [-0.1, -0.05) is 88.0 Å². The van der Waals surface area contributed by atoms with Crippen LogP contribution in [0, 0.1) is 22.7 Å². The highest BCUT2D eigenvalue weighted by molar-refractivity contribution is 4.88. The molecule has 0 saturated heterocycles. The van der Waals surface area contributed by atoms with Gasteiger partial charge in [-0.3, -0.25) is 0 Å². The van der Waals surface area contributed by atoms with Gasteiger partial charge in [0.2, 0.25) is 0 Å². The standard InChI is InChI=1S/C23H49N/c1-10-20(5)15-14-17-24(19-21(6)11-2)18-16-23(9,13-4)22(7,8)12-3/h20-21H,10-19H2,1-9H3. The van der Waals surface area contributed by atoms with Gasteiger partial charge in [-0.25, -0.2) is 0 Å². The van der Waals surface area contributed by atoms with Gasteiger partial charge < -0.3 is 4.90 Å². The van der Waals surface area contributed by atoms with Crippen molar-refractivity contribution in [2.24, 2.45) is 22.7 Å². The molecule has 0 spiro atoms. The molecule has 0 amide bonds. The molecule has 0 saturated carbocycles. The minimum absolute atomic E-state index is 0.431. The van der Waals surface area contributed by atoms with Crippen LogP contribution in [0.1, 0.15) is 107 Å². The van der Waals surface area contributed by atoms with Crippen molar-refractivity contribution in [3.8, 4) is 0 Å². The summed E-state index contributed by atoms with van der Waals surface area (Å²) in [5, 5.41) is 0. The van der Waals surface area contributed by atoms with E-state index in [4.69, 9.17) is 0 Å². The zero-order chi connectivity index (χ0) is 18.8. The predicted molar refractivity (Wildman–Crippen MR) is 112 cm³/mol. The summed E-state index contributed by atoms with van der Waals surface area (Å²) in [6, 6.07) is 0. The molecule has 0 fully saturated rings. The van der Waals surface area contributed by atoms with Gasteiger partial charge in [0.05, 0.1) is 0 Å². The predicted octanol–water partition coefficient (Wildman–Crippen LogP) is 7.40. The fraction of sp³-hybridized carbons (Fsp3) is 1.00. The SMILES string of the molecule is CCC(C)CCCN(CCC(C)(CC)C(C)(C)CC)CC(C)CC. The first-order chi connectivity index (χ1) is 11.2. The molecular weight excluding hydrogens is 290 g/mol. The number of hydrogen-bond acceptors (Lipinski definition) is 1. The summed E-state index contributed by atoms with van der Waals surface area (Å²) in [5.41, 5.74) is 0.882. The Labute approximate surface area is 155 Å². The van der Waals surface area contributed by atoms with Crippen LogP contribution in [-0.4, -0.2) is 24.5 Å². The molecule has 0 bridgehead atoms. The van der Waals surface area contributed by atoms with Gasteiger partial charge in [-0.2, -0.15) is 0 Å². The third-order valence-electron chi connectivity index (χ3n) is 7.41. The topological polar surface area (TPSA) is 3.24 Å². The van der Waals surface area contributed by atoms with Gasteiger partial charge in [-0.05, 0) is 55.0 Å². The van der Waals surface area contributed by atoms with Crippen molar-refractivity contribution in [3.05, 3.63) is 0 Å². The summed E-state index contributed by atoms with van der Waals surface area (Å²) >= 11 is 0. The Kier molecular flexibility index (Phi) is 11.5. The Morgan fingerprint density at radius 2 is 1.38 bits per heavy atom. The van der Waals surface area contributed by atoms with Crippen molar-refractivity contribution in [3.63, 3.8) is 0 Å².